The van der Waals surface area contributed by atoms with Crippen molar-refractivity contribution in [2.75, 3.05) is 10.0 Å². The van der Waals surface area contributed by atoms with Crippen LogP contribution >= 0.6 is 11.6 Å². The molecule has 0 bridgehead atoms. The molecule has 1 aromatic heterocycles. The molecule has 134 valence electrons. The maximum Gasteiger partial charge on any atom is 0.263 e. The predicted octanol–water partition coefficient (Wildman–Crippen LogP) is 4.84. The predicted molar refractivity (Wildman–Crippen MR) is 106 cm³/mol. The van der Waals surface area contributed by atoms with Crippen molar-refractivity contribution in [1.82, 2.24) is 4.98 Å². The third-order valence-electron chi connectivity index (χ3n) is 3.80. The molecule has 0 spiro atoms. The summed E-state index contributed by atoms with van der Waals surface area (Å²) in [7, 11) is -3.67. The Labute approximate surface area is 158 Å². The van der Waals surface area contributed by atoms with E-state index in [-0.39, 0.29) is 10.7 Å². The van der Waals surface area contributed by atoms with Crippen molar-refractivity contribution in [2.45, 2.75) is 18.2 Å². The minimum Gasteiger partial charge on any atom is -0.353 e. The van der Waals surface area contributed by atoms with Gasteiger partial charge in [0.1, 0.15) is 5.82 Å². The molecule has 26 heavy (non-hydrogen) atoms. The van der Waals surface area contributed by atoms with Gasteiger partial charge in [0.25, 0.3) is 10.0 Å². The first-order valence-electron chi connectivity index (χ1n) is 8.07. The van der Waals surface area contributed by atoms with Crippen molar-refractivity contribution >= 4 is 38.8 Å². The third kappa shape index (κ3) is 4.33. The lowest BCUT2D eigenvalue weighted by Gasteiger charge is -2.10. The van der Waals surface area contributed by atoms with E-state index in [0.717, 1.165) is 17.7 Å². The molecule has 0 saturated carbocycles. The molecule has 0 atom stereocenters. The average molecular weight is 388 g/mol. The normalized spacial score (nSPS) is 11.2. The van der Waals surface area contributed by atoms with Crippen LogP contribution in [0.1, 0.15) is 12.5 Å². The lowest BCUT2D eigenvalue weighted by atomic mass is 10.2. The highest BCUT2D eigenvalue weighted by atomic mass is 35.5. The molecule has 2 N–H and O–H groups in total. The standard InChI is InChI=1S/C19H18ClN3O2S/c1-2-14-7-10-16(11-8-14)26(24,25)23-19-12-9-15(13-21-19)22-18-6-4-3-5-17(18)20/h3-13,22H,2H2,1H3,(H,21,23). The number of benzene rings is 2. The number of aromatic nitrogens is 1. The molecule has 0 saturated heterocycles. The zero-order valence-electron chi connectivity index (χ0n) is 14.1. The SMILES string of the molecule is CCc1ccc(S(=O)(=O)Nc2ccc(Nc3ccccc3Cl)cn2)cc1. The van der Waals surface area contributed by atoms with Crippen LogP contribution in [0, 0.1) is 0 Å². The fraction of sp³-hybridized carbons (Fsp3) is 0.105. The Bertz CT molecular complexity index is 988. The minimum absolute atomic E-state index is 0.203. The van der Waals surface area contributed by atoms with E-state index in [1.807, 2.05) is 25.1 Å². The average Bonchev–Trinajstić information content (AvgIpc) is 2.65. The topological polar surface area (TPSA) is 71.1 Å². The summed E-state index contributed by atoms with van der Waals surface area (Å²) in [5, 5.41) is 3.73. The number of hydrogen-bond acceptors (Lipinski definition) is 4. The van der Waals surface area contributed by atoms with Crippen LogP contribution in [-0.2, 0) is 16.4 Å². The highest BCUT2D eigenvalue weighted by Crippen LogP contribution is 2.25. The Morgan fingerprint density at radius 2 is 1.73 bits per heavy atom. The lowest BCUT2D eigenvalue weighted by molar-refractivity contribution is 0.601. The monoisotopic (exact) mass is 387 g/mol. The summed E-state index contributed by atoms with van der Waals surface area (Å²) >= 11 is 6.11. The van der Waals surface area contributed by atoms with Gasteiger partial charge in [-0.1, -0.05) is 42.8 Å². The van der Waals surface area contributed by atoms with Gasteiger partial charge in [-0.3, -0.25) is 4.72 Å². The number of anilines is 3. The van der Waals surface area contributed by atoms with Crippen LogP contribution in [0.25, 0.3) is 0 Å². The van der Waals surface area contributed by atoms with E-state index in [1.54, 1.807) is 48.7 Å². The molecular formula is C19H18ClN3O2S. The van der Waals surface area contributed by atoms with E-state index in [1.165, 1.54) is 0 Å². The highest BCUT2D eigenvalue weighted by molar-refractivity contribution is 7.92. The van der Waals surface area contributed by atoms with Crippen LogP contribution < -0.4 is 10.0 Å². The molecule has 0 aliphatic carbocycles. The van der Waals surface area contributed by atoms with E-state index in [9.17, 15) is 8.42 Å². The van der Waals surface area contributed by atoms with Crippen LogP contribution in [-0.4, -0.2) is 13.4 Å². The van der Waals surface area contributed by atoms with Crippen molar-refractivity contribution < 1.29 is 8.42 Å². The second kappa shape index (κ2) is 7.76. The van der Waals surface area contributed by atoms with Gasteiger partial charge in [-0.2, -0.15) is 0 Å². The summed E-state index contributed by atoms with van der Waals surface area (Å²) in [6, 6.07) is 17.5. The first-order valence-corrected chi connectivity index (χ1v) is 9.93. The Morgan fingerprint density at radius 1 is 1.00 bits per heavy atom. The smallest absolute Gasteiger partial charge is 0.263 e. The van der Waals surface area contributed by atoms with Gasteiger partial charge in [0, 0.05) is 0 Å². The Kier molecular flexibility index (Phi) is 5.44. The number of rotatable bonds is 6. The van der Waals surface area contributed by atoms with E-state index in [2.05, 4.69) is 15.0 Å². The van der Waals surface area contributed by atoms with Crippen molar-refractivity contribution in [2.24, 2.45) is 0 Å². The molecule has 0 fully saturated rings. The maximum absolute atomic E-state index is 12.4. The van der Waals surface area contributed by atoms with Crippen molar-refractivity contribution in [3.63, 3.8) is 0 Å². The van der Waals surface area contributed by atoms with Gasteiger partial charge < -0.3 is 5.32 Å². The molecular weight excluding hydrogens is 370 g/mol. The van der Waals surface area contributed by atoms with Gasteiger partial charge in [0.15, 0.2) is 0 Å². The molecule has 3 aromatic rings. The zero-order chi connectivity index (χ0) is 18.6. The Balaban J connectivity index is 1.73. The molecule has 0 aliphatic heterocycles. The Morgan fingerprint density at radius 3 is 2.35 bits per heavy atom. The summed E-state index contributed by atoms with van der Waals surface area (Å²) in [5.41, 5.74) is 2.53. The Hall–Kier alpha value is -2.57. The lowest BCUT2D eigenvalue weighted by Crippen LogP contribution is -2.13. The summed E-state index contributed by atoms with van der Waals surface area (Å²) < 4.78 is 27.4. The molecule has 3 rings (SSSR count). The summed E-state index contributed by atoms with van der Waals surface area (Å²) in [6.45, 7) is 2.02. The number of nitrogens with one attached hydrogen (secondary N) is 2. The van der Waals surface area contributed by atoms with Crippen LogP contribution in [0.3, 0.4) is 0 Å². The van der Waals surface area contributed by atoms with Gasteiger partial charge >= 0.3 is 0 Å². The van der Waals surface area contributed by atoms with E-state index in [4.69, 9.17) is 11.6 Å². The number of pyridine rings is 1. The summed E-state index contributed by atoms with van der Waals surface area (Å²) in [6.07, 6.45) is 2.40. The fourth-order valence-electron chi connectivity index (χ4n) is 2.35. The number of nitrogens with zero attached hydrogens (tertiary/aromatic N) is 1. The van der Waals surface area contributed by atoms with Crippen molar-refractivity contribution in [1.29, 1.82) is 0 Å². The number of halogens is 1. The number of hydrogen-bond donors (Lipinski definition) is 2. The summed E-state index contributed by atoms with van der Waals surface area (Å²) in [5.74, 6) is 0.245. The highest BCUT2D eigenvalue weighted by Gasteiger charge is 2.14. The number of aryl methyl sites for hydroxylation is 1. The quantitative estimate of drug-likeness (QED) is 0.634. The van der Waals surface area contributed by atoms with E-state index < -0.39 is 10.0 Å². The molecule has 0 unspecified atom stereocenters. The molecule has 7 heteroatoms. The van der Waals surface area contributed by atoms with Crippen molar-refractivity contribution in [3.05, 3.63) is 77.4 Å². The molecule has 2 aromatic carbocycles. The van der Waals surface area contributed by atoms with Crippen molar-refractivity contribution in [3.8, 4) is 0 Å². The number of sulfonamides is 1. The van der Waals surface area contributed by atoms with Crippen LogP contribution in [0.2, 0.25) is 5.02 Å². The zero-order valence-corrected chi connectivity index (χ0v) is 15.7. The molecule has 0 aliphatic rings. The molecule has 5 nitrogen and oxygen atoms in total. The van der Waals surface area contributed by atoms with Gasteiger partial charge in [0.2, 0.25) is 0 Å². The first-order chi connectivity index (χ1) is 12.5. The molecule has 1 heterocycles. The maximum atomic E-state index is 12.4. The van der Waals surface area contributed by atoms with Crippen LogP contribution in [0.5, 0.6) is 0 Å². The largest absolute Gasteiger partial charge is 0.353 e. The van der Waals surface area contributed by atoms with E-state index in [0.29, 0.717) is 10.7 Å². The molecule has 0 radical (unpaired) electrons. The second-order valence-electron chi connectivity index (χ2n) is 5.64. The van der Waals surface area contributed by atoms with Gasteiger partial charge in [-0.05, 0) is 48.4 Å². The van der Waals surface area contributed by atoms with E-state index >= 15 is 0 Å². The second-order valence-corrected chi connectivity index (χ2v) is 7.73. The summed E-state index contributed by atoms with van der Waals surface area (Å²) in [4.78, 5) is 4.36. The van der Waals surface area contributed by atoms with Gasteiger partial charge in [-0.25, -0.2) is 13.4 Å². The third-order valence-corrected chi connectivity index (χ3v) is 5.50. The van der Waals surface area contributed by atoms with Crippen LogP contribution in [0.15, 0.2) is 71.8 Å². The molecule has 0 amide bonds. The minimum atomic E-state index is -3.67. The van der Waals surface area contributed by atoms with Gasteiger partial charge in [-0.15, -0.1) is 0 Å². The fourth-order valence-corrected chi connectivity index (χ4v) is 3.54. The van der Waals surface area contributed by atoms with Crippen LogP contribution in [0.4, 0.5) is 17.2 Å². The number of para-hydroxylation sites is 1. The van der Waals surface area contributed by atoms with Gasteiger partial charge in [0.05, 0.1) is 27.5 Å². The first kappa shape index (κ1) is 18.2.